The minimum atomic E-state index is 0.764. The molecule has 15 heavy (non-hydrogen) atoms. The number of hydrogen-bond donors (Lipinski definition) is 2. The van der Waals surface area contributed by atoms with Gasteiger partial charge in [0.15, 0.2) is 0 Å². The van der Waals surface area contributed by atoms with E-state index in [1.807, 2.05) is 6.08 Å². The fourth-order valence-corrected chi connectivity index (χ4v) is 1.73. The van der Waals surface area contributed by atoms with E-state index < -0.39 is 0 Å². The largest absolute Gasteiger partial charge is 0.312 e. The maximum absolute atomic E-state index is 5.38. The summed E-state index contributed by atoms with van der Waals surface area (Å²) in [5, 5.41) is 0. The van der Waals surface area contributed by atoms with Crippen molar-refractivity contribution in [2.75, 3.05) is 0 Å². The lowest BCUT2D eigenvalue weighted by Crippen LogP contribution is -2.31. The van der Waals surface area contributed by atoms with Crippen molar-refractivity contribution in [1.82, 2.24) is 5.43 Å². The Kier molecular flexibility index (Phi) is 2.56. The Labute approximate surface area is 89.7 Å². The van der Waals surface area contributed by atoms with Gasteiger partial charge in [-0.05, 0) is 42.2 Å². The van der Waals surface area contributed by atoms with Crippen molar-refractivity contribution in [2.24, 2.45) is 10.8 Å². The molecule has 78 valence electrons. The average Bonchev–Trinajstić information content (AvgIpc) is 2.41. The second-order valence-corrected chi connectivity index (χ2v) is 3.85. The van der Waals surface area contributed by atoms with Gasteiger partial charge in [0.25, 0.3) is 0 Å². The summed E-state index contributed by atoms with van der Waals surface area (Å²) in [4.78, 5) is 4.22. The normalized spacial score (nSPS) is 14.2. The van der Waals surface area contributed by atoms with E-state index in [1.165, 1.54) is 22.3 Å². The number of nitrogens with two attached hydrogens (primary N) is 1. The van der Waals surface area contributed by atoms with Crippen molar-refractivity contribution in [3.05, 3.63) is 40.6 Å². The fourth-order valence-electron chi connectivity index (χ4n) is 1.73. The molecule has 0 amide bonds. The number of hydrogen-bond acceptors (Lipinski definition) is 3. The highest BCUT2D eigenvalue weighted by molar-refractivity contribution is 5.87. The van der Waals surface area contributed by atoms with Crippen molar-refractivity contribution in [1.29, 1.82) is 0 Å². The number of fused-ring (bicyclic) bond motifs is 1. The Morgan fingerprint density at radius 1 is 1.27 bits per heavy atom. The first-order valence-electron chi connectivity index (χ1n) is 5.00. The van der Waals surface area contributed by atoms with Crippen LogP contribution in [0.2, 0.25) is 0 Å². The van der Waals surface area contributed by atoms with E-state index in [2.05, 4.69) is 36.4 Å². The van der Waals surface area contributed by atoms with Crippen LogP contribution in [0, 0.1) is 13.8 Å². The Morgan fingerprint density at radius 3 is 2.73 bits per heavy atom. The number of rotatable bonds is 0. The van der Waals surface area contributed by atoms with E-state index >= 15 is 0 Å². The van der Waals surface area contributed by atoms with Crippen LogP contribution in [-0.2, 0) is 6.42 Å². The van der Waals surface area contributed by atoms with Gasteiger partial charge in [-0.25, -0.2) is 10.8 Å². The molecule has 1 aromatic carbocycles. The van der Waals surface area contributed by atoms with E-state index in [0.29, 0.717) is 0 Å². The van der Waals surface area contributed by atoms with Crippen LogP contribution in [0.25, 0.3) is 6.08 Å². The molecule has 3 heteroatoms. The highest BCUT2D eigenvalue weighted by atomic mass is 15.2. The Balaban J connectivity index is 2.47. The van der Waals surface area contributed by atoms with Crippen LogP contribution in [0.5, 0.6) is 0 Å². The Morgan fingerprint density at radius 2 is 2.00 bits per heavy atom. The minimum absolute atomic E-state index is 0.764. The average molecular weight is 201 g/mol. The van der Waals surface area contributed by atoms with E-state index in [4.69, 9.17) is 5.84 Å². The summed E-state index contributed by atoms with van der Waals surface area (Å²) < 4.78 is 0. The molecule has 0 fully saturated rings. The van der Waals surface area contributed by atoms with E-state index in [1.54, 1.807) is 6.20 Å². The van der Waals surface area contributed by atoms with Crippen molar-refractivity contribution in [3.63, 3.8) is 0 Å². The molecule has 0 saturated heterocycles. The summed E-state index contributed by atoms with van der Waals surface area (Å²) in [5.41, 5.74) is 7.73. The Bertz CT molecular complexity index is 444. The minimum Gasteiger partial charge on any atom is -0.312 e. The zero-order chi connectivity index (χ0) is 10.8. The molecule has 0 saturated carbocycles. The standard InChI is InChI=1S/C12H15N3/c1-8-5-10-3-4-14-12(15-13)7-11(10)6-9(8)2/h3-6H,7,13H2,1-2H3,(H,14,15). The Hall–Kier alpha value is -1.61. The monoisotopic (exact) mass is 201 g/mol. The van der Waals surface area contributed by atoms with Crippen LogP contribution in [-0.4, -0.2) is 5.84 Å². The maximum atomic E-state index is 5.38. The molecule has 1 aliphatic heterocycles. The van der Waals surface area contributed by atoms with Crippen LogP contribution >= 0.6 is 0 Å². The molecule has 0 atom stereocenters. The number of nitrogens with one attached hydrogen (secondary N) is 1. The van der Waals surface area contributed by atoms with Gasteiger partial charge in [-0.2, -0.15) is 0 Å². The first-order chi connectivity index (χ1) is 7.20. The molecule has 3 nitrogen and oxygen atoms in total. The summed E-state index contributed by atoms with van der Waals surface area (Å²) >= 11 is 0. The smallest absolute Gasteiger partial charge is 0.120 e. The predicted octanol–water partition coefficient (Wildman–Crippen LogP) is 1.69. The maximum Gasteiger partial charge on any atom is 0.120 e. The fraction of sp³-hybridized carbons (Fsp3) is 0.250. The van der Waals surface area contributed by atoms with Crippen molar-refractivity contribution in [2.45, 2.75) is 20.3 Å². The van der Waals surface area contributed by atoms with Crippen LogP contribution < -0.4 is 11.3 Å². The number of hydrazine groups is 1. The number of aliphatic imine (C=N–C) groups is 1. The van der Waals surface area contributed by atoms with Crippen LogP contribution in [0.15, 0.2) is 23.3 Å². The van der Waals surface area contributed by atoms with Gasteiger partial charge < -0.3 is 5.43 Å². The molecule has 1 heterocycles. The SMILES string of the molecule is Cc1cc2c(cc1C)CC(NN)=NC=C2. The van der Waals surface area contributed by atoms with Gasteiger partial charge in [0, 0.05) is 12.6 Å². The second kappa shape index (κ2) is 3.87. The molecule has 2 rings (SSSR count). The predicted molar refractivity (Wildman–Crippen MR) is 63.4 cm³/mol. The third-order valence-electron chi connectivity index (χ3n) is 2.76. The molecule has 1 aromatic rings. The highest BCUT2D eigenvalue weighted by Crippen LogP contribution is 2.20. The second-order valence-electron chi connectivity index (χ2n) is 3.85. The topological polar surface area (TPSA) is 50.4 Å². The third kappa shape index (κ3) is 1.92. The summed E-state index contributed by atoms with van der Waals surface area (Å²) in [6.45, 7) is 4.24. The van der Waals surface area contributed by atoms with Gasteiger partial charge in [-0.1, -0.05) is 12.1 Å². The molecular formula is C12H15N3. The van der Waals surface area contributed by atoms with E-state index in [-0.39, 0.29) is 0 Å². The number of aryl methyl sites for hydroxylation is 2. The number of nitrogens with zero attached hydrogens (tertiary/aromatic N) is 1. The van der Waals surface area contributed by atoms with Crippen molar-refractivity contribution < 1.29 is 0 Å². The summed E-state index contributed by atoms with van der Waals surface area (Å²) in [7, 11) is 0. The van der Waals surface area contributed by atoms with Crippen LogP contribution in [0.1, 0.15) is 22.3 Å². The molecule has 3 N–H and O–H groups in total. The molecule has 0 bridgehead atoms. The first-order valence-corrected chi connectivity index (χ1v) is 5.00. The van der Waals surface area contributed by atoms with Gasteiger partial charge in [0.1, 0.15) is 5.84 Å². The first kappa shape index (κ1) is 9.93. The number of amidine groups is 1. The van der Waals surface area contributed by atoms with Gasteiger partial charge in [-0.15, -0.1) is 0 Å². The lowest BCUT2D eigenvalue weighted by Gasteiger charge is -2.09. The summed E-state index contributed by atoms with van der Waals surface area (Å²) in [6, 6.07) is 4.39. The van der Waals surface area contributed by atoms with Gasteiger partial charge in [-0.3, -0.25) is 0 Å². The van der Waals surface area contributed by atoms with Gasteiger partial charge >= 0.3 is 0 Å². The molecule has 0 aromatic heterocycles. The van der Waals surface area contributed by atoms with Crippen molar-refractivity contribution in [3.8, 4) is 0 Å². The third-order valence-corrected chi connectivity index (χ3v) is 2.76. The molecule has 0 spiro atoms. The highest BCUT2D eigenvalue weighted by Gasteiger charge is 2.08. The number of benzene rings is 1. The zero-order valence-electron chi connectivity index (χ0n) is 9.04. The summed E-state index contributed by atoms with van der Waals surface area (Å²) in [6.07, 6.45) is 4.57. The molecular weight excluding hydrogens is 186 g/mol. The zero-order valence-corrected chi connectivity index (χ0v) is 9.04. The van der Waals surface area contributed by atoms with Crippen molar-refractivity contribution >= 4 is 11.9 Å². The quantitative estimate of drug-likeness (QED) is 0.495. The molecule has 0 radical (unpaired) electrons. The van der Waals surface area contributed by atoms with Gasteiger partial charge in [0.2, 0.25) is 0 Å². The van der Waals surface area contributed by atoms with E-state index in [0.717, 1.165) is 12.3 Å². The van der Waals surface area contributed by atoms with E-state index in [9.17, 15) is 0 Å². The lowest BCUT2D eigenvalue weighted by molar-refractivity contribution is 0.988. The molecule has 0 aliphatic carbocycles. The van der Waals surface area contributed by atoms with Crippen LogP contribution in [0.4, 0.5) is 0 Å². The molecule has 0 unspecified atom stereocenters. The van der Waals surface area contributed by atoms with Gasteiger partial charge in [0.05, 0.1) is 0 Å². The summed E-state index contributed by atoms with van der Waals surface area (Å²) in [5.74, 6) is 6.18. The lowest BCUT2D eigenvalue weighted by atomic mass is 9.98. The van der Waals surface area contributed by atoms with Crippen LogP contribution in [0.3, 0.4) is 0 Å². The molecule has 1 aliphatic rings.